The Labute approximate surface area is 215 Å². The van der Waals surface area contributed by atoms with Crippen LogP contribution in [0.2, 0.25) is 0 Å². The summed E-state index contributed by atoms with van der Waals surface area (Å²) in [6, 6.07) is 23.3. The fraction of sp³-hybridized carbons (Fsp3) is 0.367. The second-order valence-electron chi connectivity index (χ2n) is 8.79. The van der Waals surface area contributed by atoms with Crippen LogP contribution in [0.4, 0.5) is 0 Å². The van der Waals surface area contributed by atoms with Crippen molar-refractivity contribution in [3.63, 3.8) is 0 Å². The summed E-state index contributed by atoms with van der Waals surface area (Å²) < 4.78 is 71.2. The molecule has 1 fully saturated rings. The first-order chi connectivity index (χ1) is 19.4. The number of likely N-dealkylation sites (tertiary alicyclic amines) is 1. The van der Waals surface area contributed by atoms with Gasteiger partial charge in [-0.25, -0.2) is 0 Å². The van der Waals surface area contributed by atoms with E-state index in [1.807, 2.05) is 0 Å². The van der Waals surface area contributed by atoms with Crippen molar-refractivity contribution in [1.82, 2.24) is 9.80 Å². The molecule has 1 N–H and O–H groups in total. The molecule has 0 atom stereocenters. The zero-order chi connectivity index (χ0) is 31.4. The van der Waals surface area contributed by atoms with Crippen LogP contribution in [0.15, 0.2) is 84.9 Å². The lowest BCUT2D eigenvalue weighted by molar-refractivity contribution is -0.133. The van der Waals surface area contributed by atoms with Gasteiger partial charge in [-0.15, -0.1) is 0 Å². The summed E-state index contributed by atoms with van der Waals surface area (Å²) in [5.74, 6) is -0.361. The molecule has 4 rings (SSSR count). The zero-order valence-electron chi connectivity index (χ0n) is 27.7. The third-order valence-corrected chi connectivity index (χ3v) is 6.23. The Hall–Kier alpha value is -2.95. The summed E-state index contributed by atoms with van der Waals surface area (Å²) in [7, 11) is 3.17. The smallest absolute Gasteiger partial charge is 0.237 e. The molecule has 1 saturated heterocycles. The van der Waals surface area contributed by atoms with Gasteiger partial charge in [-0.1, -0.05) is 90.5 Å². The molecule has 1 amide bonds. The molecule has 0 radical (unpaired) electrons. The van der Waals surface area contributed by atoms with Crippen molar-refractivity contribution in [3.05, 3.63) is 107 Å². The number of likely N-dealkylation sites (N-methyl/N-ethyl adjacent to an activating group) is 1. The van der Waals surface area contributed by atoms with E-state index in [-0.39, 0.29) is 17.9 Å². The average Bonchev–Trinajstić information content (AvgIpc) is 2.94. The van der Waals surface area contributed by atoms with Gasteiger partial charge in [-0.05, 0) is 49.3 Å². The summed E-state index contributed by atoms with van der Waals surface area (Å²) in [4.78, 5) is 16.0. The fourth-order valence-corrected chi connectivity index (χ4v) is 4.32. The standard InChI is InChI=1S/C30H36N2O2/c1-24-14-16-25(17-15-24)29(34)18-21-32(22-19-29)23-20-30(28(33)31(2)3,26-10-6-4-7-11-26)27-12-8-5-9-13-27/h4-17,34H,18-23H2,1-3H3/i18D2,19D2,21D2,22D2. The molecule has 0 unspecified atom stereocenters. The van der Waals surface area contributed by atoms with E-state index in [2.05, 4.69) is 0 Å². The Kier molecular flexibility index (Phi) is 4.72. The summed E-state index contributed by atoms with van der Waals surface area (Å²) in [5, 5.41) is 11.8. The van der Waals surface area contributed by atoms with E-state index in [0.29, 0.717) is 16.0 Å². The first kappa shape index (κ1) is 15.9. The van der Waals surface area contributed by atoms with Crippen molar-refractivity contribution in [2.75, 3.05) is 33.6 Å². The minimum Gasteiger partial charge on any atom is -0.385 e. The van der Waals surface area contributed by atoms with Gasteiger partial charge in [0.05, 0.1) is 5.60 Å². The molecule has 1 heterocycles. The van der Waals surface area contributed by atoms with E-state index in [9.17, 15) is 9.90 Å². The van der Waals surface area contributed by atoms with Crippen molar-refractivity contribution >= 4 is 5.91 Å². The summed E-state index contributed by atoms with van der Waals surface area (Å²) >= 11 is 0. The minimum atomic E-state index is -3.34. The molecule has 4 nitrogen and oxygen atoms in total. The van der Waals surface area contributed by atoms with Crippen molar-refractivity contribution < 1.29 is 20.9 Å². The predicted octanol–water partition coefficient (Wildman–Crippen LogP) is 4.74. The number of aliphatic hydroxyl groups is 1. The predicted molar refractivity (Wildman–Crippen MR) is 138 cm³/mol. The summed E-state index contributed by atoms with van der Waals surface area (Å²) in [5.41, 5.74) is -3.04. The van der Waals surface area contributed by atoms with Crippen LogP contribution in [0, 0.1) is 6.92 Å². The van der Waals surface area contributed by atoms with Crippen molar-refractivity contribution in [2.45, 2.75) is 37.1 Å². The number of carbonyl (C=O) groups excluding carboxylic acids is 1. The van der Waals surface area contributed by atoms with Gasteiger partial charge in [0.25, 0.3) is 0 Å². The Morgan fingerprint density at radius 2 is 1.44 bits per heavy atom. The maximum absolute atomic E-state index is 14.1. The van der Waals surface area contributed by atoms with E-state index >= 15 is 0 Å². The van der Waals surface area contributed by atoms with Gasteiger partial charge in [-0.3, -0.25) is 4.79 Å². The first-order valence-corrected chi connectivity index (χ1v) is 11.3. The number of amides is 1. The van der Waals surface area contributed by atoms with E-state index in [1.54, 1.807) is 81.7 Å². The van der Waals surface area contributed by atoms with Crippen molar-refractivity contribution in [2.24, 2.45) is 0 Å². The number of benzene rings is 3. The SMILES string of the molecule is [2H]C1([2H])N(CCC(C(=O)N(C)C)(c2ccccc2)c2ccccc2)C([2H])([2H])C([2H])([2H])C(O)(c2ccc(C)cc2)C1([2H])[2H]. The molecule has 0 spiro atoms. The summed E-state index contributed by atoms with van der Waals surface area (Å²) in [6.45, 7) is -5.25. The van der Waals surface area contributed by atoms with Crippen LogP contribution >= 0.6 is 0 Å². The molecule has 1 aliphatic heterocycles. The molecular weight excluding hydrogens is 420 g/mol. The van der Waals surface area contributed by atoms with Crippen LogP contribution in [-0.2, 0) is 15.8 Å². The molecule has 0 bridgehead atoms. The molecule has 0 saturated carbocycles. The molecule has 0 aromatic heterocycles. The third-order valence-electron chi connectivity index (χ3n) is 6.23. The highest BCUT2D eigenvalue weighted by Gasteiger charge is 2.43. The summed E-state index contributed by atoms with van der Waals surface area (Å²) in [6.07, 6.45) is -6.89. The number of aryl methyl sites for hydroxylation is 1. The first-order valence-electron chi connectivity index (χ1n) is 15.3. The lowest BCUT2D eigenvalue weighted by Gasteiger charge is -2.41. The van der Waals surface area contributed by atoms with Crippen LogP contribution in [-0.4, -0.2) is 54.4 Å². The number of hydrogen-bond acceptors (Lipinski definition) is 3. The highest BCUT2D eigenvalue weighted by atomic mass is 16.3. The van der Waals surface area contributed by atoms with Gasteiger partial charge >= 0.3 is 0 Å². The van der Waals surface area contributed by atoms with E-state index in [4.69, 9.17) is 11.0 Å². The Bertz CT molecular complexity index is 1350. The molecule has 1 aliphatic rings. The fourth-order valence-electron chi connectivity index (χ4n) is 4.32. The van der Waals surface area contributed by atoms with Crippen LogP contribution < -0.4 is 0 Å². The number of hydrogen-bond donors (Lipinski definition) is 1. The van der Waals surface area contributed by atoms with Crippen LogP contribution in [0.25, 0.3) is 0 Å². The van der Waals surface area contributed by atoms with Gasteiger partial charge in [0.2, 0.25) is 5.91 Å². The Morgan fingerprint density at radius 3 is 1.91 bits per heavy atom. The normalized spacial score (nSPS) is 25.6. The maximum Gasteiger partial charge on any atom is 0.237 e. The second kappa shape index (κ2) is 10.1. The van der Waals surface area contributed by atoms with Crippen LogP contribution in [0.5, 0.6) is 0 Å². The molecule has 34 heavy (non-hydrogen) atoms. The topological polar surface area (TPSA) is 43.8 Å². The molecule has 178 valence electrons. The van der Waals surface area contributed by atoms with Crippen molar-refractivity contribution in [1.29, 1.82) is 0 Å². The Balaban J connectivity index is 1.90. The van der Waals surface area contributed by atoms with E-state index in [1.165, 1.54) is 29.2 Å². The largest absolute Gasteiger partial charge is 0.385 e. The minimum absolute atomic E-state index is 0.216. The van der Waals surface area contributed by atoms with Gasteiger partial charge in [0, 0.05) is 38.1 Å². The van der Waals surface area contributed by atoms with Gasteiger partial charge in [-0.2, -0.15) is 0 Å². The highest BCUT2D eigenvalue weighted by Crippen LogP contribution is 2.39. The number of piperidine rings is 1. The number of nitrogens with zero attached hydrogens (tertiary/aromatic N) is 2. The van der Waals surface area contributed by atoms with Crippen LogP contribution in [0.1, 0.15) is 52.4 Å². The third kappa shape index (κ3) is 4.79. The Morgan fingerprint density at radius 1 is 0.941 bits per heavy atom. The van der Waals surface area contributed by atoms with Crippen molar-refractivity contribution in [3.8, 4) is 0 Å². The van der Waals surface area contributed by atoms with E-state index < -0.39 is 43.3 Å². The zero-order valence-corrected chi connectivity index (χ0v) is 19.7. The highest BCUT2D eigenvalue weighted by molar-refractivity contribution is 5.91. The molecule has 4 heteroatoms. The quantitative estimate of drug-likeness (QED) is 0.549. The monoisotopic (exact) mass is 464 g/mol. The lowest BCUT2D eigenvalue weighted by Crippen LogP contribution is -2.48. The lowest BCUT2D eigenvalue weighted by atomic mass is 9.70. The number of carbonyl (C=O) groups is 1. The second-order valence-corrected chi connectivity index (χ2v) is 8.79. The van der Waals surface area contributed by atoms with Crippen LogP contribution in [0.3, 0.4) is 0 Å². The van der Waals surface area contributed by atoms with Gasteiger partial charge in [0.15, 0.2) is 0 Å². The number of rotatable bonds is 7. The average molecular weight is 465 g/mol. The van der Waals surface area contributed by atoms with E-state index in [0.717, 1.165) is 5.56 Å². The maximum atomic E-state index is 14.1. The molecule has 3 aromatic rings. The molecular formula is C30H36N2O2. The molecule has 3 aromatic carbocycles. The van der Waals surface area contributed by atoms with Gasteiger partial charge in [0.1, 0.15) is 5.41 Å². The molecule has 0 aliphatic carbocycles. The van der Waals surface area contributed by atoms with Gasteiger partial charge < -0.3 is 14.9 Å².